The van der Waals surface area contributed by atoms with Crippen LogP contribution in [-0.4, -0.2) is 51.4 Å². The highest BCUT2D eigenvalue weighted by Crippen LogP contribution is 2.25. The number of carbonyl (C=O) groups is 1. The minimum absolute atomic E-state index is 0.248. The van der Waals surface area contributed by atoms with Gasteiger partial charge in [-0.3, -0.25) is 0 Å². The van der Waals surface area contributed by atoms with Crippen LogP contribution in [0.5, 0.6) is 5.75 Å². The van der Waals surface area contributed by atoms with Crippen LogP contribution < -0.4 is 14.5 Å². The molecule has 6 nitrogen and oxygen atoms in total. The van der Waals surface area contributed by atoms with E-state index in [2.05, 4.69) is 14.8 Å². The maximum atomic E-state index is 13.9. The van der Waals surface area contributed by atoms with Gasteiger partial charge in [-0.1, -0.05) is 0 Å². The van der Waals surface area contributed by atoms with Crippen molar-refractivity contribution in [3.05, 3.63) is 47.4 Å². The molecule has 0 radical (unpaired) electrons. The molecule has 0 bridgehead atoms. The van der Waals surface area contributed by atoms with Crippen molar-refractivity contribution < 1.29 is 18.7 Å². The fourth-order valence-corrected chi connectivity index (χ4v) is 3.10. The van der Waals surface area contributed by atoms with Crippen molar-refractivity contribution in [3.63, 3.8) is 0 Å². The molecule has 1 aliphatic rings. The van der Waals surface area contributed by atoms with E-state index in [1.807, 2.05) is 12.1 Å². The van der Waals surface area contributed by atoms with Crippen molar-refractivity contribution >= 4 is 17.5 Å². The summed E-state index contributed by atoms with van der Waals surface area (Å²) in [5.41, 5.74) is 1.96. The monoisotopic (exact) mass is 359 g/mol. The van der Waals surface area contributed by atoms with Crippen LogP contribution in [0, 0.1) is 12.7 Å². The van der Waals surface area contributed by atoms with E-state index in [-0.39, 0.29) is 17.5 Å². The van der Waals surface area contributed by atoms with Gasteiger partial charge in [-0.05, 0) is 31.2 Å². The molecule has 1 aliphatic heterocycles. The standard InChI is InChI=1S/C19H22FN3O3/c1-13-15(19(24)26-3)5-7-18(21-13)23-10-8-22(9-11-23)14-4-6-17(25-2)16(20)12-14/h4-7,12H,8-11H2,1-3H3. The number of methoxy groups -OCH3 is 2. The first kappa shape index (κ1) is 18.0. The number of benzene rings is 1. The summed E-state index contributed by atoms with van der Waals surface area (Å²) >= 11 is 0. The Kier molecular flexibility index (Phi) is 5.25. The molecule has 0 amide bonds. The Morgan fingerprint density at radius 2 is 1.77 bits per heavy atom. The number of pyridine rings is 1. The Morgan fingerprint density at radius 3 is 2.35 bits per heavy atom. The zero-order valence-corrected chi connectivity index (χ0v) is 15.2. The van der Waals surface area contributed by atoms with Gasteiger partial charge >= 0.3 is 5.97 Å². The van der Waals surface area contributed by atoms with Crippen LogP contribution in [0.25, 0.3) is 0 Å². The van der Waals surface area contributed by atoms with Gasteiger partial charge < -0.3 is 19.3 Å². The SMILES string of the molecule is COC(=O)c1ccc(N2CCN(c3ccc(OC)c(F)c3)CC2)nc1C. The minimum Gasteiger partial charge on any atom is -0.494 e. The molecule has 7 heteroatoms. The fourth-order valence-electron chi connectivity index (χ4n) is 3.10. The lowest BCUT2D eigenvalue weighted by Crippen LogP contribution is -2.47. The molecule has 0 atom stereocenters. The van der Waals surface area contributed by atoms with Gasteiger partial charge in [0.25, 0.3) is 0 Å². The van der Waals surface area contributed by atoms with E-state index >= 15 is 0 Å². The molecule has 0 aliphatic carbocycles. The number of ether oxygens (including phenoxy) is 2. The molecule has 0 spiro atoms. The minimum atomic E-state index is -0.382. The summed E-state index contributed by atoms with van der Waals surface area (Å²) in [5, 5.41) is 0. The Hall–Kier alpha value is -2.83. The Morgan fingerprint density at radius 1 is 1.08 bits per heavy atom. The van der Waals surface area contributed by atoms with Gasteiger partial charge in [-0.15, -0.1) is 0 Å². The highest BCUT2D eigenvalue weighted by molar-refractivity contribution is 5.90. The average molecular weight is 359 g/mol. The van der Waals surface area contributed by atoms with Gasteiger partial charge in [-0.25, -0.2) is 14.2 Å². The van der Waals surface area contributed by atoms with Gasteiger partial charge in [-0.2, -0.15) is 0 Å². The van der Waals surface area contributed by atoms with Gasteiger partial charge in [0.05, 0.1) is 25.5 Å². The maximum absolute atomic E-state index is 13.9. The molecule has 2 heterocycles. The maximum Gasteiger partial charge on any atom is 0.339 e. The molecule has 0 saturated carbocycles. The Balaban J connectivity index is 1.68. The largest absolute Gasteiger partial charge is 0.494 e. The molecular weight excluding hydrogens is 337 g/mol. The van der Waals surface area contributed by atoms with Gasteiger partial charge in [0.1, 0.15) is 5.82 Å². The van der Waals surface area contributed by atoms with Gasteiger partial charge in [0.2, 0.25) is 0 Å². The lowest BCUT2D eigenvalue weighted by molar-refractivity contribution is 0.0599. The lowest BCUT2D eigenvalue weighted by Gasteiger charge is -2.37. The van der Waals surface area contributed by atoms with Crippen LogP contribution in [0.2, 0.25) is 0 Å². The molecule has 1 aromatic carbocycles. The van der Waals surface area contributed by atoms with Crippen LogP contribution in [-0.2, 0) is 4.74 Å². The zero-order valence-electron chi connectivity index (χ0n) is 15.2. The molecule has 2 aromatic rings. The summed E-state index contributed by atoms with van der Waals surface area (Å²) in [4.78, 5) is 20.5. The average Bonchev–Trinajstić information content (AvgIpc) is 2.67. The number of hydrogen-bond donors (Lipinski definition) is 0. The van der Waals surface area contributed by atoms with Gasteiger partial charge in [0, 0.05) is 37.9 Å². The number of aryl methyl sites for hydroxylation is 1. The number of esters is 1. The Labute approximate surface area is 152 Å². The smallest absolute Gasteiger partial charge is 0.339 e. The number of halogens is 1. The van der Waals surface area contributed by atoms with Crippen molar-refractivity contribution in [1.82, 2.24) is 4.98 Å². The molecule has 1 fully saturated rings. The normalized spacial score (nSPS) is 14.3. The topological polar surface area (TPSA) is 54.9 Å². The molecule has 0 N–H and O–H groups in total. The number of piperazine rings is 1. The summed E-state index contributed by atoms with van der Waals surface area (Å²) in [6.45, 7) is 4.83. The second-order valence-corrected chi connectivity index (χ2v) is 6.09. The summed E-state index contributed by atoms with van der Waals surface area (Å²) < 4.78 is 23.6. The van der Waals surface area contributed by atoms with E-state index in [0.717, 1.165) is 37.7 Å². The van der Waals surface area contributed by atoms with Crippen molar-refractivity contribution in [1.29, 1.82) is 0 Å². The van der Waals surface area contributed by atoms with E-state index in [1.165, 1.54) is 20.3 Å². The molecule has 3 rings (SSSR count). The third-order valence-electron chi connectivity index (χ3n) is 4.58. The molecular formula is C19H22FN3O3. The van der Waals surface area contributed by atoms with E-state index in [1.54, 1.807) is 19.1 Å². The van der Waals surface area contributed by atoms with Crippen LogP contribution in [0.4, 0.5) is 15.9 Å². The molecule has 138 valence electrons. The van der Waals surface area contributed by atoms with Crippen molar-refractivity contribution in [2.75, 3.05) is 50.2 Å². The lowest BCUT2D eigenvalue weighted by atomic mass is 10.2. The highest BCUT2D eigenvalue weighted by atomic mass is 19.1. The van der Waals surface area contributed by atoms with Crippen molar-refractivity contribution in [2.45, 2.75) is 6.92 Å². The molecule has 1 aromatic heterocycles. The third-order valence-corrected chi connectivity index (χ3v) is 4.58. The number of carbonyl (C=O) groups excluding carboxylic acids is 1. The van der Waals surface area contributed by atoms with Crippen LogP contribution in [0.15, 0.2) is 30.3 Å². The van der Waals surface area contributed by atoms with Crippen LogP contribution in [0.1, 0.15) is 16.1 Å². The second-order valence-electron chi connectivity index (χ2n) is 6.09. The highest BCUT2D eigenvalue weighted by Gasteiger charge is 2.20. The first-order valence-corrected chi connectivity index (χ1v) is 8.43. The van der Waals surface area contributed by atoms with Crippen molar-refractivity contribution in [3.8, 4) is 5.75 Å². The van der Waals surface area contributed by atoms with E-state index in [4.69, 9.17) is 9.47 Å². The van der Waals surface area contributed by atoms with E-state index < -0.39 is 0 Å². The summed E-state index contributed by atoms with van der Waals surface area (Å²) in [6, 6.07) is 8.59. The van der Waals surface area contributed by atoms with Crippen molar-refractivity contribution in [2.24, 2.45) is 0 Å². The quantitative estimate of drug-likeness (QED) is 0.783. The summed E-state index contributed by atoms with van der Waals surface area (Å²) in [6.07, 6.45) is 0. The summed E-state index contributed by atoms with van der Waals surface area (Å²) in [5.74, 6) is 0.337. The molecule has 26 heavy (non-hydrogen) atoms. The van der Waals surface area contributed by atoms with E-state index in [0.29, 0.717) is 11.3 Å². The summed E-state index contributed by atoms with van der Waals surface area (Å²) in [7, 11) is 2.81. The van der Waals surface area contributed by atoms with Crippen LogP contribution >= 0.6 is 0 Å². The Bertz CT molecular complexity index is 805. The van der Waals surface area contributed by atoms with Gasteiger partial charge in [0.15, 0.2) is 11.6 Å². The number of aromatic nitrogens is 1. The number of hydrogen-bond acceptors (Lipinski definition) is 6. The molecule has 0 unspecified atom stereocenters. The van der Waals surface area contributed by atoms with E-state index in [9.17, 15) is 9.18 Å². The molecule has 1 saturated heterocycles. The zero-order chi connectivity index (χ0) is 18.7. The first-order chi connectivity index (χ1) is 12.5. The van der Waals surface area contributed by atoms with Crippen LogP contribution in [0.3, 0.4) is 0 Å². The number of nitrogens with zero attached hydrogens (tertiary/aromatic N) is 3. The predicted octanol–water partition coefficient (Wildman–Crippen LogP) is 2.65. The predicted molar refractivity (Wildman–Crippen MR) is 97.7 cm³/mol. The number of anilines is 2. The fraction of sp³-hybridized carbons (Fsp3) is 0.368. The third kappa shape index (κ3) is 3.56. The second kappa shape index (κ2) is 7.59. The first-order valence-electron chi connectivity index (χ1n) is 8.43. The number of rotatable bonds is 4.